The summed E-state index contributed by atoms with van der Waals surface area (Å²) >= 11 is 0. The second kappa shape index (κ2) is 8.24. The zero-order chi connectivity index (χ0) is 17.0. The fourth-order valence-corrected chi connectivity index (χ4v) is 2.69. The Hall–Kier alpha value is -1.95. The Labute approximate surface area is 149 Å². The number of guanidine groups is 1. The number of nitrogens with zero attached hydrogens (tertiary/aromatic N) is 2. The van der Waals surface area contributed by atoms with E-state index in [0.29, 0.717) is 5.92 Å². The monoisotopic (exact) mass is 354 g/mol. The lowest BCUT2D eigenvalue weighted by molar-refractivity contribution is 0.0205. The molecule has 1 saturated heterocycles. The van der Waals surface area contributed by atoms with Crippen molar-refractivity contribution in [3.05, 3.63) is 29.8 Å². The molecule has 0 atom stereocenters. The van der Waals surface area contributed by atoms with E-state index in [1.54, 1.807) is 4.90 Å². The lowest BCUT2D eigenvalue weighted by Gasteiger charge is -2.33. The highest BCUT2D eigenvalue weighted by atomic mass is 35.5. The predicted octanol–water partition coefficient (Wildman–Crippen LogP) is 3.13. The molecule has 1 aromatic rings. The van der Waals surface area contributed by atoms with Crippen LogP contribution in [0.25, 0.3) is 0 Å². The van der Waals surface area contributed by atoms with Crippen LogP contribution in [-0.4, -0.2) is 35.6 Å². The number of carbonyl (C=O) groups is 1. The number of likely N-dealkylation sites (tertiary alicyclic amines) is 1. The zero-order valence-electron chi connectivity index (χ0n) is 14.5. The molecule has 0 unspecified atom stereocenters. The van der Waals surface area contributed by atoms with Gasteiger partial charge in [0.05, 0.1) is 5.69 Å². The number of halogens is 1. The van der Waals surface area contributed by atoms with E-state index in [4.69, 9.17) is 16.2 Å². The van der Waals surface area contributed by atoms with Gasteiger partial charge in [0.1, 0.15) is 5.60 Å². The van der Waals surface area contributed by atoms with Crippen molar-refractivity contribution in [2.75, 3.05) is 13.1 Å². The molecule has 1 fully saturated rings. The Morgan fingerprint density at radius 1 is 1.17 bits per heavy atom. The Balaban J connectivity index is 0.00000288. The van der Waals surface area contributed by atoms with Crippen molar-refractivity contribution in [1.29, 1.82) is 0 Å². The van der Waals surface area contributed by atoms with Crippen LogP contribution >= 0.6 is 12.4 Å². The predicted molar refractivity (Wildman–Crippen MR) is 98.9 cm³/mol. The summed E-state index contributed by atoms with van der Waals surface area (Å²) in [6.07, 6.45) is 1.64. The quantitative estimate of drug-likeness (QED) is 0.630. The van der Waals surface area contributed by atoms with Gasteiger partial charge >= 0.3 is 6.09 Å². The lowest BCUT2D eigenvalue weighted by atomic mass is 9.89. The number of benzene rings is 1. The average Bonchev–Trinajstić information content (AvgIpc) is 2.46. The fourth-order valence-electron chi connectivity index (χ4n) is 2.69. The molecule has 2 rings (SSSR count). The molecule has 0 radical (unpaired) electrons. The second-order valence-electron chi connectivity index (χ2n) is 6.87. The van der Waals surface area contributed by atoms with Crippen LogP contribution < -0.4 is 11.5 Å². The summed E-state index contributed by atoms with van der Waals surface area (Å²) in [6.45, 7) is 7.09. The molecule has 0 aliphatic carbocycles. The van der Waals surface area contributed by atoms with Gasteiger partial charge in [0.2, 0.25) is 0 Å². The van der Waals surface area contributed by atoms with E-state index in [-0.39, 0.29) is 24.5 Å². The number of amides is 1. The summed E-state index contributed by atoms with van der Waals surface area (Å²) in [5.41, 5.74) is 12.3. The first-order valence-electron chi connectivity index (χ1n) is 7.92. The van der Waals surface area contributed by atoms with Crippen molar-refractivity contribution in [3.63, 3.8) is 0 Å². The van der Waals surface area contributed by atoms with Crippen LogP contribution in [0.4, 0.5) is 10.5 Å². The smallest absolute Gasteiger partial charge is 0.410 e. The van der Waals surface area contributed by atoms with E-state index >= 15 is 0 Å². The van der Waals surface area contributed by atoms with Gasteiger partial charge in [-0.05, 0) is 57.2 Å². The highest BCUT2D eigenvalue weighted by Gasteiger charge is 2.27. The molecule has 0 aromatic heterocycles. The number of piperidine rings is 1. The highest BCUT2D eigenvalue weighted by molar-refractivity contribution is 5.85. The van der Waals surface area contributed by atoms with E-state index in [9.17, 15) is 4.79 Å². The third kappa shape index (κ3) is 5.92. The van der Waals surface area contributed by atoms with E-state index in [1.807, 2.05) is 32.9 Å². The first kappa shape index (κ1) is 20.1. The molecule has 1 aliphatic heterocycles. The van der Waals surface area contributed by atoms with Crippen molar-refractivity contribution in [1.82, 2.24) is 4.90 Å². The summed E-state index contributed by atoms with van der Waals surface area (Å²) < 4.78 is 5.42. The molecule has 7 heteroatoms. The topological polar surface area (TPSA) is 93.9 Å². The number of aliphatic imine (C=N–C) groups is 1. The molecular weight excluding hydrogens is 328 g/mol. The third-order valence-electron chi connectivity index (χ3n) is 3.77. The van der Waals surface area contributed by atoms with Gasteiger partial charge in [-0.3, -0.25) is 0 Å². The van der Waals surface area contributed by atoms with Crippen molar-refractivity contribution >= 4 is 30.1 Å². The number of hydrogen-bond donors (Lipinski definition) is 2. The van der Waals surface area contributed by atoms with E-state index in [0.717, 1.165) is 31.6 Å². The molecule has 134 valence electrons. The molecule has 4 N–H and O–H groups in total. The van der Waals surface area contributed by atoms with Gasteiger partial charge in [0.15, 0.2) is 5.96 Å². The maximum atomic E-state index is 12.1. The van der Waals surface area contributed by atoms with Crippen LogP contribution in [0.15, 0.2) is 29.3 Å². The maximum absolute atomic E-state index is 12.1. The number of hydrogen-bond acceptors (Lipinski definition) is 3. The molecule has 0 spiro atoms. The summed E-state index contributed by atoms with van der Waals surface area (Å²) in [7, 11) is 0. The van der Waals surface area contributed by atoms with Crippen molar-refractivity contribution < 1.29 is 9.53 Å². The highest BCUT2D eigenvalue weighted by Crippen LogP contribution is 2.29. The molecule has 1 heterocycles. The molecule has 0 saturated carbocycles. The number of nitrogens with two attached hydrogens (primary N) is 2. The minimum atomic E-state index is -0.449. The first-order valence-corrected chi connectivity index (χ1v) is 7.92. The number of rotatable bonds is 2. The average molecular weight is 355 g/mol. The van der Waals surface area contributed by atoms with Crippen LogP contribution in [0, 0.1) is 0 Å². The third-order valence-corrected chi connectivity index (χ3v) is 3.77. The minimum Gasteiger partial charge on any atom is -0.444 e. The molecule has 0 bridgehead atoms. The van der Waals surface area contributed by atoms with Crippen LogP contribution in [0.2, 0.25) is 0 Å². The van der Waals surface area contributed by atoms with Gasteiger partial charge in [-0.1, -0.05) is 12.1 Å². The summed E-state index contributed by atoms with van der Waals surface area (Å²) in [5, 5.41) is 0. The van der Waals surface area contributed by atoms with Gasteiger partial charge < -0.3 is 21.1 Å². The van der Waals surface area contributed by atoms with Gasteiger partial charge in [-0.2, -0.15) is 0 Å². The SMILES string of the molecule is CC(C)(C)OC(=O)N1CCC(c2ccc(N=C(N)N)cc2)CC1.Cl. The van der Waals surface area contributed by atoms with Crippen LogP contribution in [0.3, 0.4) is 0 Å². The molecular formula is C17H27ClN4O2. The second-order valence-corrected chi connectivity index (χ2v) is 6.87. The normalized spacial score (nSPS) is 15.4. The van der Waals surface area contributed by atoms with Crippen LogP contribution in [0.1, 0.15) is 45.1 Å². The summed E-state index contributed by atoms with van der Waals surface area (Å²) in [4.78, 5) is 17.9. The molecule has 24 heavy (non-hydrogen) atoms. The van der Waals surface area contributed by atoms with E-state index < -0.39 is 5.60 Å². The van der Waals surface area contributed by atoms with Crippen LogP contribution in [0.5, 0.6) is 0 Å². The Morgan fingerprint density at radius 3 is 2.17 bits per heavy atom. The molecule has 1 aromatic carbocycles. The standard InChI is InChI=1S/C17H26N4O2.ClH/c1-17(2,3)23-16(22)21-10-8-13(9-11-21)12-4-6-14(7-5-12)20-15(18)19;/h4-7,13H,8-11H2,1-3H3,(H4,18,19,20);1H. The number of carbonyl (C=O) groups excluding carboxylic acids is 1. The van der Waals surface area contributed by atoms with Crippen molar-refractivity contribution in [2.24, 2.45) is 16.5 Å². The lowest BCUT2D eigenvalue weighted by Crippen LogP contribution is -2.41. The summed E-state index contributed by atoms with van der Waals surface area (Å²) in [5.74, 6) is 0.505. The molecule has 6 nitrogen and oxygen atoms in total. The van der Waals surface area contributed by atoms with Crippen LogP contribution in [-0.2, 0) is 4.74 Å². The van der Waals surface area contributed by atoms with Gasteiger partial charge in [0.25, 0.3) is 0 Å². The van der Waals surface area contributed by atoms with Gasteiger partial charge in [0, 0.05) is 13.1 Å². The Kier molecular flexibility index (Phi) is 6.90. The van der Waals surface area contributed by atoms with Crippen molar-refractivity contribution in [2.45, 2.75) is 45.1 Å². The largest absolute Gasteiger partial charge is 0.444 e. The molecule has 1 amide bonds. The maximum Gasteiger partial charge on any atom is 0.410 e. The zero-order valence-corrected chi connectivity index (χ0v) is 15.3. The number of ether oxygens (including phenoxy) is 1. The Morgan fingerprint density at radius 2 is 1.71 bits per heavy atom. The van der Waals surface area contributed by atoms with Crippen molar-refractivity contribution in [3.8, 4) is 0 Å². The first-order chi connectivity index (χ1) is 10.7. The molecule has 1 aliphatic rings. The van der Waals surface area contributed by atoms with E-state index in [2.05, 4.69) is 17.1 Å². The Bertz CT molecular complexity index is 569. The summed E-state index contributed by atoms with van der Waals surface area (Å²) in [6, 6.07) is 7.93. The fraction of sp³-hybridized carbons (Fsp3) is 0.529. The minimum absolute atomic E-state index is 0. The van der Waals surface area contributed by atoms with Gasteiger partial charge in [-0.15, -0.1) is 12.4 Å². The van der Waals surface area contributed by atoms with Gasteiger partial charge in [-0.25, -0.2) is 9.79 Å². The van der Waals surface area contributed by atoms with E-state index in [1.165, 1.54) is 5.56 Å².